The molecule has 0 fully saturated rings. The zero-order chi connectivity index (χ0) is 9.97. The first-order valence-electron chi connectivity index (χ1n) is 4.66. The number of rotatable bonds is 1. The van der Waals surface area contributed by atoms with E-state index in [1.807, 2.05) is 24.3 Å². The summed E-state index contributed by atoms with van der Waals surface area (Å²) in [7, 11) is -0.116. The Balaban J connectivity index is 2.68. The molecule has 2 aromatic carbocycles. The number of hydrogen-bond donors (Lipinski definition) is 1. The molecule has 2 nitrogen and oxygen atoms in total. The third-order valence-corrected chi connectivity index (χ3v) is 2.02. The number of methoxy groups -OCH3 is 1. The van der Waals surface area contributed by atoms with Crippen LogP contribution in [0.5, 0.6) is 11.5 Å². The number of fused-ring (bicyclic) bond motifs is 1. The molecule has 0 aliphatic heterocycles. The van der Waals surface area contributed by atoms with Crippen molar-refractivity contribution < 1.29 is 11.2 Å². The minimum atomic E-state index is -0.116. The second kappa shape index (κ2) is 2.98. The Labute approximate surface area is 77.8 Å². The zero-order valence-corrected chi connectivity index (χ0v) is 7.03. The SMILES string of the molecule is [2H]COc1ccc(O)c2ccccc12. The third kappa shape index (κ3) is 1.20. The van der Waals surface area contributed by atoms with Gasteiger partial charge in [0.2, 0.25) is 0 Å². The molecular weight excluding hydrogens is 164 g/mol. The summed E-state index contributed by atoms with van der Waals surface area (Å²) in [6.07, 6.45) is 0. The lowest BCUT2D eigenvalue weighted by Crippen LogP contribution is -1.84. The second-order valence-corrected chi connectivity index (χ2v) is 2.77. The molecule has 2 heteroatoms. The van der Waals surface area contributed by atoms with Gasteiger partial charge in [-0.15, -0.1) is 0 Å². The largest absolute Gasteiger partial charge is 0.507 e. The maximum Gasteiger partial charge on any atom is 0.126 e. The van der Waals surface area contributed by atoms with Crippen LogP contribution in [0, 0.1) is 0 Å². The summed E-state index contributed by atoms with van der Waals surface area (Å²) in [6.45, 7) is 0. The monoisotopic (exact) mass is 175 g/mol. The first kappa shape index (κ1) is 6.78. The third-order valence-electron chi connectivity index (χ3n) is 2.02. The van der Waals surface area contributed by atoms with Gasteiger partial charge < -0.3 is 9.84 Å². The Hall–Kier alpha value is -1.70. The average Bonchev–Trinajstić information content (AvgIpc) is 2.23. The van der Waals surface area contributed by atoms with Gasteiger partial charge in [0, 0.05) is 10.8 Å². The topological polar surface area (TPSA) is 29.5 Å². The second-order valence-electron chi connectivity index (χ2n) is 2.77. The fourth-order valence-corrected chi connectivity index (χ4v) is 1.38. The van der Waals surface area contributed by atoms with Crippen LogP contribution in [0.1, 0.15) is 1.37 Å². The lowest BCUT2D eigenvalue weighted by Gasteiger charge is -2.05. The molecule has 0 atom stereocenters. The molecule has 66 valence electrons. The van der Waals surface area contributed by atoms with Crippen molar-refractivity contribution in [3.05, 3.63) is 36.4 Å². The van der Waals surface area contributed by atoms with E-state index < -0.39 is 0 Å². The summed E-state index contributed by atoms with van der Waals surface area (Å²) >= 11 is 0. The van der Waals surface area contributed by atoms with Crippen LogP contribution < -0.4 is 4.74 Å². The number of hydrogen-bond acceptors (Lipinski definition) is 2. The van der Waals surface area contributed by atoms with Gasteiger partial charge in [-0.05, 0) is 12.1 Å². The molecule has 0 bridgehead atoms. The van der Waals surface area contributed by atoms with E-state index in [0.717, 1.165) is 10.8 Å². The highest BCUT2D eigenvalue weighted by atomic mass is 16.5. The maximum absolute atomic E-state index is 9.56. The number of benzene rings is 2. The van der Waals surface area contributed by atoms with Crippen LogP contribution in [-0.2, 0) is 0 Å². The van der Waals surface area contributed by atoms with Gasteiger partial charge in [0.15, 0.2) is 0 Å². The molecule has 0 aromatic heterocycles. The van der Waals surface area contributed by atoms with E-state index in [4.69, 9.17) is 6.11 Å². The van der Waals surface area contributed by atoms with E-state index in [1.54, 1.807) is 12.1 Å². The highest BCUT2D eigenvalue weighted by Crippen LogP contribution is 2.31. The molecule has 0 radical (unpaired) electrons. The van der Waals surface area contributed by atoms with Crippen LogP contribution in [0.25, 0.3) is 10.8 Å². The number of phenols is 1. The molecule has 0 aliphatic rings. The fraction of sp³-hybridized carbons (Fsp3) is 0.0909. The van der Waals surface area contributed by atoms with Gasteiger partial charge >= 0.3 is 0 Å². The van der Waals surface area contributed by atoms with Crippen molar-refractivity contribution in [3.63, 3.8) is 0 Å². The van der Waals surface area contributed by atoms with E-state index in [1.165, 1.54) is 0 Å². The molecule has 1 N–H and O–H groups in total. The highest BCUT2D eigenvalue weighted by molar-refractivity contribution is 5.92. The molecule has 13 heavy (non-hydrogen) atoms. The molecule has 0 saturated carbocycles. The van der Waals surface area contributed by atoms with Crippen molar-refractivity contribution in [3.8, 4) is 11.5 Å². The fourth-order valence-electron chi connectivity index (χ4n) is 1.38. The van der Waals surface area contributed by atoms with Crippen LogP contribution in [0.2, 0.25) is 0 Å². The van der Waals surface area contributed by atoms with Gasteiger partial charge in [-0.2, -0.15) is 0 Å². The Kier molecular flexibility index (Phi) is 1.55. The standard InChI is InChI=1S/C11H10O2/c1-13-11-7-6-10(12)8-4-2-3-5-9(8)11/h2-7,12H,1H3/i1D. The molecule has 0 saturated heterocycles. The van der Waals surface area contributed by atoms with Crippen LogP contribution in [0.4, 0.5) is 0 Å². The number of aromatic hydroxyl groups is 1. The van der Waals surface area contributed by atoms with Gasteiger partial charge in [-0.1, -0.05) is 24.3 Å². The van der Waals surface area contributed by atoms with E-state index in [9.17, 15) is 5.11 Å². The minimum Gasteiger partial charge on any atom is -0.507 e. The van der Waals surface area contributed by atoms with Crippen molar-refractivity contribution in [2.24, 2.45) is 0 Å². The van der Waals surface area contributed by atoms with Crippen LogP contribution >= 0.6 is 0 Å². The molecule has 0 aliphatic carbocycles. The Bertz CT molecular complexity index is 454. The summed E-state index contributed by atoms with van der Waals surface area (Å²) in [6, 6.07) is 10.7. The highest BCUT2D eigenvalue weighted by Gasteiger charge is 2.03. The van der Waals surface area contributed by atoms with Gasteiger partial charge in [0.1, 0.15) is 11.5 Å². The average molecular weight is 175 g/mol. The van der Waals surface area contributed by atoms with Crippen molar-refractivity contribution in [1.82, 2.24) is 0 Å². The van der Waals surface area contributed by atoms with Crippen LogP contribution in [0.15, 0.2) is 36.4 Å². The quantitative estimate of drug-likeness (QED) is 0.721. The van der Waals surface area contributed by atoms with Crippen molar-refractivity contribution in [1.29, 1.82) is 0 Å². The predicted octanol–water partition coefficient (Wildman–Crippen LogP) is 2.55. The Morgan fingerprint density at radius 1 is 1.15 bits per heavy atom. The summed E-state index contributed by atoms with van der Waals surface area (Å²) in [5.74, 6) is 0.867. The van der Waals surface area contributed by atoms with Gasteiger partial charge in [0.05, 0.1) is 8.46 Å². The molecule has 0 amide bonds. The molecule has 2 aromatic rings. The molecular formula is C11H10O2. The minimum absolute atomic E-state index is 0.116. The maximum atomic E-state index is 9.56. The number of ether oxygens (including phenoxy) is 1. The zero-order valence-electron chi connectivity index (χ0n) is 8.03. The normalized spacial score (nSPS) is 11.2. The first-order valence-corrected chi connectivity index (χ1v) is 3.95. The smallest absolute Gasteiger partial charge is 0.126 e. The summed E-state index contributed by atoms with van der Waals surface area (Å²) in [5.41, 5.74) is 0. The summed E-state index contributed by atoms with van der Waals surface area (Å²) < 4.78 is 12.1. The van der Waals surface area contributed by atoms with E-state index in [2.05, 4.69) is 0 Å². The van der Waals surface area contributed by atoms with Gasteiger partial charge in [0.25, 0.3) is 0 Å². The lowest BCUT2D eigenvalue weighted by molar-refractivity contribution is 0.418. The van der Waals surface area contributed by atoms with Gasteiger partial charge in [-0.25, -0.2) is 0 Å². The first-order chi connectivity index (χ1) is 6.83. The van der Waals surface area contributed by atoms with Gasteiger partial charge in [-0.3, -0.25) is 0 Å². The van der Waals surface area contributed by atoms with Crippen molar-refractivity contribution in [2.75, 3.05) is 7.09 Å². The Morgan fingerprint density at radius 3 is 2.69 bits per heavy atom. The lowest BCUT2D eigenvalue weighted by atomic mass is 10.1. The van der Waals surface area contributed by atoms with E-state index in [-0.39, 0.29) is 12.8 Å². The van der Waals surface area contributed by atoms with Crippen LogP contribution in [0.3, 0.4) is 0 Å². The molecule has 2 rings (SSSR count). The van der Waals surface area contributed by atoms with Crippen molar-refractivity contribution in [2.45, 2.75) is 0 Å². The van der Waals surface area contributed by atoms with E-state index >= 15 is 0 Å². The molecule has 0 unspecified atom stereocenters. The van der Waals surface area contributed by atoms with Crippen molar-refractivity contribution >= 4 is 10.8 Å². The summed E-state index contributed by atoms with van der Waals surface area (Å²) in [5, 5.41) is 11.1. The molecule has 0 heterocycles. The molecule has 0 spiro atoms. The predicted molar refractivity (Wildman–Crippen MR) is 52.2 cm³/mol. The summed E-state index contributed by atoms with van der Waals surface area (Å²) in [4.78, 5) is 0. The number of phenolic OH excluding ortho intramolecular Hbond substituents is 1. The van der Waals surface area contributed by atoms with E-state index in [0.29, 0.717) is 5.75 Å². The van der Waals surface area contributed by atoms with Crippen LogP contribution in [-0.4, -0.2) is 12.2 Å². The Morgan fingerprint density at radius 2 is 1.92 bits per heavy atom.